The Labute approximate surface area is 127 Å². The zero-order chi connectivity index (χ0) is 15.6. The van der Waals surface area contributed by atoms with Crippen LogP contribution in [-0.2, 0) is 0 Å². The minimum atomic E-state index is -1.10. The van der Waals surface area contributed by atoms with E-state index in [-0.39, 0.29) is 11.1 Å². The Kier molecular flexibility index (Phi) is 3.77. The van der Waals surface area contributed by atoms with E-state index in [0.29, 0.717) is 12.4 Å². The first-order valence-electron chi connectivity index (χ1n) is 7.13. The Morgan fingerprint density at radius 2 is 1.95 bits per heavy atom. The second-order valence-electron chi connectivity index (χ2n) is 5.62. The van der Waals surface area contributed by atoms with Crippen LogP contribution < -0.4 is 5.32 Å². The van der Waals surface area contributed by atoms with Gasteiger partial charge in [-0.2, -0.15) is 0 Å². The second kappa shape index (κ2) is 5.73. The fourth-order valence-corrected chi connectivity index (χ4v) is 2.49. The molecule has 0 radical (unpaired) electrons. The molecule has 1 atom stereocenters. The molecule has 6 nitrogen and oxygen atoms in total. The number of aliphatic hydroxyl groups is 1. The quantitative estimate of drug-likeness (QED) is 0.756. The number of aromatic carboxylic acids is 1. The number of carboxylic acids is 1. The molecule has 114 valence electrons. The van der Waals surface area contributed by atoms with Crippen LogP contribution in [0.3, 0.4) is 0 Å². The summed E-state index contributed by atoms with van der Waals surface area (Å²) in [5.41, 5.74) is 0.638. The van der Waals surface area contributed by atoms with Crippen LogP contribution in [0.5, 0.6) is 0 Å². The molecule has 22 heavy (non-hydrogen) atoms. The van der Waals surface area contributed by atoms with Gasteiger partial charge >= 0.3 is 5.97 Å². The molecule has 1 heterocycles. The van der Waals surface area contributed by atoms with E-state index in [1.54, 1.807) is 0 Å². The number of aliphatic hydroxyl groups excluding tert-OH is 1. The molecule has 1 aliphatic carbocycles. The Hall–Kier alpha value is -2.47. The van der Waals surface area contributed by atoms with Crippen molar-refractivity contribution in [2.45, 2.75) is 18.9 Å². The molecule has 3 rings (SSSR count). The maximum atomic E-state index is 10.7. The fraction of sp³-hybridized carbons (Fsp3) is 0.312. The lowest BCUT2D eigenvalue weighted by atomic mass is 9.93. The minimum Gasteiger partial charge on any atom is -0.476 e. The van der Waals surface area contributed by atoms with Gasteiger partial charge in [0.25, 0.3) is 0 Å². The van der Waals surface area contributed by atoms with E-state index in [1.807, 2.05) is 30.3 Å². The van der Waals surface area contributed by atoms with Gasteiger partial charge in [-0.25, -0.2) is 14.8 Å². The third-order valence-electron chi connectivity index (χ3n) is 4.08. The summed E-state index contributed by atoms with van der Waals surface area (Å²) in [5.74, 6) is -0.589. The maximum absolute atomic E-state index is 10.7. The topological polar surface area (TPSA) is 95.3 Å². The van der Waals surface area contributed by atoms with Crippen molar-refractivity contribution in [1.29, 1.82) is 0 Å². The third-order valence-corrected chi connectivity index (χ3v) is 4.08. The Balaban J connectivity index is 1.64. The van der Waals surface area contributed by atoms with Crippen molar-refractivity contribution >= 4 is 11.8 Å². The molecule has 0 amide bonds. The predicted molar refractivity (Wildman–Crippen MR) is 80.5 cm³/mol. The maximum Gasteiger partial charge on any atom is 0.356 e. The molecule has 1 unspecified atom stereocenters. The number of rotatable bonds is 6. The van der Waals surface area contributed by atoms with Crippen molar-refractivity contribution < 1.29 is 15.0 Å². The first-order valence-corrected chi connectivity index (χ1v) is 7.13. The zero-order valence-electron chi connectivity index (χ0n) is 11.9. The van der Waals surface area contributed by atoms with Gasteiger partial charge in [0, 0.05) is 12.0 Å². The lowest BCUT2D eigenvalue weighted by molar-refractivity contribution is 0.0690. The monoisotopic (exact) mass is 299 g/mol. The van der Waals surface area contributed by atoms with Crippen molar-refractivity contribution in [3.63, 3.8) is 0 Å². The standard InChI is InChI=1S/C16H17N3O3/c20-14(11-4-2-1-3-5-11)16(6-7-16)10-19-13-9-17-12(8-18-13)15(21)22/h1-5,8-9,14,20H,6-7,10H2,(H,18,19)(H,21,22). The molecule has 1 aromatic carbocycles. The molecule has 0 aliphatic heterocycles. The van der Waals surface area contributed by atoms with Crippen LogP contribution in [-0.4, -0.2) is 32.7 Å². The van der Waals surface area contributed by atoms with Crippen LogP contribution in [0.4, 0.5) is 5.82 Å². The van der Waals surface area contributed by atoms with E-state index in [9.17, 15) is 9.90 Å². The highest BCUT2D eigenvalue weighted by atomic mass is 16.4. The fourth-order valence-electron chi connectivity index (χ4n) is 2.49. The number of hydrogen-bond donors (Lipinski definition) is 3. The number of nitrogens with one attached hydrogen (secondary N) is 1. The SMILES string of the molecule is O=C(O)c1cnc(NCC2(C(O)c3ccccc3)CC2)cn1. The zero-order valence-corrected chi connectivity index (χ0v) is 11.9. The van der Waals surface area contributed by atoms with Crippen LogP contribution >= 0.6 is 0 Å². The van der Waals surface area contributed by atoms with Crippen molar-refractivity contribution in [1.82, 2.24) is 9.97 Å². The number of carboxylic acid groups (broad SMARTS) is 1. The minimum absolute atomic E-state index is 0.0870. The van der Waals surface area contributed by atoms with Crippen LogP contribution in [0.1, 0.15) is 35.0 Å². The number of aromatic nitrogens is 2. The van der Waals surface area contributed by atoms with E-state index in [2.05, 4.69) is 15.3 Å². The molecule has 6 heteroatoms. The predicted octanol–water partition coefficient (Wildman–Crippen LogP) is 2.10. The van der Waals surface area contributed by atoms with Gasteiger partial charge in [-0.05, 0) is 18.4 Å². The molecule has 0 saturated heterocycles. The van der Waals surface area contributed by atoms with Gasteiger partial charge < -0.3 is 15.5 Å². The van der Waals surface area contributed by atoms with Crippen LogP contribution in [0.25, 0.3) is 0 Å². The van der Waals surface area contributed by atoms with Gasteiger partial charge in [0.1, 0.15) is 5.82 Å². The van der Waals surface area contributed by atoms with E-state index >= 15 is 0 Å². The highest BCUT2D eigenvalue weighted by Crippen LogP contribution is 2.54. The van der Waals surface area contributed by atoms with E-state index in [0.717, 1.165) is 18.4 Å². The Morgan fingerprint density at radius 1 is 1.23 bits per heavy atom. The summed E-state index contributed by atoms with van der Waals surface area (Å²) in [6.07, 6.45) is 3.98. The summed E-state index contributed by atoms with van der Waals surface area (Å²) in [4.78, 5) is 18.6. The van der Waals surface area contributed by atoms with Gasteiger partial charge in [0.05, 0.1) is 18.5 Å². The smallest absolute Gasteiger partial charge is 0.356 e. The lowest BCUT2D eigenvalue weighted by Gasteiger charge is -2.23. The molecule has 1 fully saturated rings. The molecule has 0 bridgehead atoms. The van der Waals surface area contributed by atoms with Gasteiger partial charge in [0.15, 0.2) is 5.69 Å². The highest BCUT2D eigenvalue weighted by molar-refractivity contribution is 5.84. The summed E-state index contributed by atoms with van der Waals surface area (Å²) in [6, 6.07) is 9.60. The number of carbonyl (C=O) groups is 1. The van der Waals surface area contributed by atoms with Crippen molar-refractivity contribution in [2.75, 3.05) is 11.9 Å². The average Bonchev–Trinajstić information content (AvgIpc) is 3.34. The molecule has 1 aliphatic rings. The average molecular weight is 299 g/mol. The highest BCUT2D eigenvalue weighted by Gasteiger charge is 2.49. The number of anilines is 1. The number of benzene rings is 1. The molecule has 3 N–H and O–H groups in total. The molecule has 0 spiro atoms. The normalized spacial score (nSPS) is 16.8. The molecular weight excluding hydrogens is 282 g/mol. The lowest BCUT2D eigenvalue weighted by Crippen LogP contribution is -2.23. The van der Waals surface area contributed by atoms with Crippen LogP contribution in [0.2, 0.25) is 0 Å². The van der Waals surface area contributed by atoms with Crippen molar-refractivity contribution in [3.8, 4) is 0 Å². The Morgan fingerprint density at radius 3 is 2.50 bits per heavy atom. The van der Waals surface area contributed by atoms with Crippen LogP contribution in [0, 0.1) is 5.41 Å². The van der Waals surface area contributed by atoms with E-state index in [1.165, 1.54) is 12.4 Å². The summed E-state index contributed by atoms with van der Waals surface area (Å²) in [7, 11) is 0. The molecular formula is C16H17N3O3. The Bertz CT molecular complexity index is 654. The van der Waals surface area contributed by atoms with Gasteiger partial charge in [0.2, 0.25) is 0 Å². The first kappa shape index (κ1) is 14.5. The van der Waals surface area contributed by atoms with Crippen molar-refractivity contribution in [2.24, 2.45) is 5.41 Å². The third kappa shape index (κ3) is 2.92. The molecule has 1 saturated carbocycles. The molecule has 2 aromatic rings. The van der Waals surface area contributed by atoms with Gasteiger partial charge in [-0.1, -0.05) is 30.3 Å². The number of nitrogens with zero attached hydrogens (tertiary/aromatic N) is 2. The summed E-state index contributed by atoms with van der Waals surface area (Å²) in [6.45, 7) is 0.574. The van der Waals surface area contributed by atoms with Gasteiger partial charge in [-0.15, -0.1) is 0 Å². The van der Waals surface area contributed by atoms with Gasteiger partial charge in [-0.3, -0.25) is 0 Å². The van der Waals surface area contributed by atoms with E-state index in [4.69, 9.17) is 5.11 Å². The summed E-state index contributed by atoms with van der Waals surface area (Å²) >= 11 is 0. The summed E-state index contributed by atoms with van der Waals surface area (Å²) in [5, 5.41) is 22.5. The molecule has 1 aromatic heterocycles. The van der Waals surface area contributed by atoms with Crippen molar-refractivity contribution in [3.05, 3.63) is 54.0 Å². The first-order chi connectivity index (χ1) is 10.6. The summed E-state index contributed by atoms with van der Waals surface area (Å²) < 4.78 is 0. The van der Waals surface area contributed by atoms with E-state index < -0.39 is 12.1 Å². The van der Waals surface area contributed by atoms with Crippen LogP contribution in [0.15, 0.2) is 42.7 Å². The number of hydrogen-bond acceptors (Lipinski definition) is 5. The largest absolute Gasteiger partial charge is 0.476 e. The second-order valence-corrected chi connectivity index (χ2v) is 5.62.